The molecule has 0 heterocycles. The Morgan fingerprint density at radius 3 is 2.21 bits per heavy atom. The van der Waals surface area contributed by atoms with Crippen LogP contribution in [0.4, 0.5) is 5.69 Å². The zero-order valence-corrected chi connectivity index (χ0v) is 20.6. The van der Waals surface area contributed by atoms with Gasteiger partial charge in [-0.2, -0.15) is 0 Å². The predicted octanol–water partition coefficient (Wildman–Crippen LogP) is 4.95. The van der Waals surface area contributed by atoms with E-state index in [0.29, 0.717) is 23.1 Å². The van der Waals surface area contributed by atoms with E-state index in [2.05, 4.69) is 34.9 Å². The molecule has 34 heavy (non-hydrogen) atoms. The number of carbonyl (C=O) groups is 2. The molecule has 2 aromatic carbocycles. The Labute approximate surface area is 201 Å². The lowest BCUT2D eigenvalue weighted by Crippen LogP contribution is -2.29. The number of nitrogens with one attached hydrogen (secondary N) is 2. The van der Waals surface area contributed by atoms with Gasteiger partial charge in [0.05, 0.1) is 14.2 Å². The number of benzene rings is 2. The summed E-state index contributed by atoms with van der Waals surface area (Å²) in [5.74, 6) is -0.192. The Kier molecular flexibility index (Phi) is 8.21. The standard InChI is InChI=1S/C27H34N2O5/c1-16(27(32)28-15-23(30)31)14-22-17(2)26(34-5)24(18(3)25(22)33-4)19-10-12-21(13-11-19)29-20-8-6-7-9-20/h10-14,20,29H,6-9,15H2,1-5H3,(H,28,32)(H,30,31)/b16-14+. The minimum atomic E-state index is -1.10. The maximum atomic E-state index is 12.3. The molecule has 1 aliphatic carbocycles. The first-order chi connectivity index (χ1) is 16.3. The molecule has 182 valence electrons. The van der Waals surface area contributed by atoms with Gasteiger partial charge in [-0.15, -0.1) is 0 Å². The molecule has 0 unspecified atom stereocenters. The van der Waals surface area contributed by atoms with Crippen LogP contribution >= 0.6 is 0 Å². The van der Waals surface area contributed by atoms with Crippen molar-refractivity contribution >= 4 is 23.6 Å². The van der Waals surface area contributed by atoms with Crippen LogP contribution < -0.4 is 20.1 Å². The molecule has 1 saturated carbocycles. The van der Waals surface area contributed by atoms with Crippen LogP contribution in [0, 0.1) is 13.8 Å². The molecule has 7 nitrogen and oxygen atoms in total. The SMILES string of the molecule is COc1c(C)c(-c2ccc(NC3CCCC3)cc2)c(OC)c(C)c1/C=C(\C)C(=O)NCC(=O)O. The minimum Gasteiger partial charge on any atom is -0.496 e. The van der Waals surface area contributed by atoms with Crippen molar-refractivity contribution in [1.82, 2.24) is 5.32 Å². The second kappa shape index (κ2) is 11.1. The third-order valence-electron chi connectivity index (χ3n) is 6.36. The van der Waals surface area contributed by atoms with Crippen molar-refractivity contribution in [3.8, 4) is 22.6 Å². The summed E-state index contributed by atoms with van der Waals surface area (Å²) in [7, 11) is 3.23. The number of ether oxygens (including phenoxy) is 2. The molecule has 2 aromatic rings. The molecule has 0 spiro atoms. The Balaban J connectivity index is 2.00. The number of rotatable bonds is 9. The highest BCUT2D eigenvalue weighted by Gasteiger charge is 2.22. The monoisotopic (exact) mass is 466 g/mol. The number of hydrogen-bond acceptors (Lipinski definition) is 5. The summed E-state index contributed by atoms with van der Waals surface area (Å²) in [5, 5.41) is 14.8. The number of anilines is 1. The van der Waals surface area contributed by atoms with E-state index in [-0.39, 0.29) is 0 Å². The van der Waals surface area contributed by atoms with Crippen LogP contribution in [0.15, 0.2) is 29.8 Å². The van der Waals surface area contributed by atoms with E-state index in [1.165, 1.54) is 25.7 Å². The average Bonchev–Trinajstić information content (AvgIpc) is 3.33. The first-order valence-corrected chi connectivity index (χ1v) is 11.6. The lowest BCUT2D eigenvalue weighted by Gasteiger charge is -2.22. The van der Waals surface area contributed by atoms with E-state index in [1.54, 1.807) is 27.2 Å². The van der Waals surface area contributed by atoms with Gasteiger partial charge in [0.2, 0.25) is 5.91 Å². The van der Waals surface area contributed by atoms with Crippen molar-refractivity contribution in [2.45, 2.75) is 52.5 Å². The van der Waals surface area contributed by atoms with E-state index >= 15 is 0 Å². The van der Waals surface area contributed by atoms with Crippen molar-refractivity contribution in [3.63, 3.8) is 0 Å². The molecule has 1 amide bonds. The number of carboxylic acids is 1. The fourth-order valence-corrected chi connectivity index (χ4v) is 4.62. The van der Waals surface area contributed by atoms with E-state index in [1.807, 2.05) is 13.8 Å². The summed E-state index contributed by atoms with van der Waals surface area (Å²) in [6, 6.07) is 8.91. The Hall–Kier alpha value is -3.48. The lowest BCUT2D eigenvalue weighted by atomic mass is 9.91. The summed E-state index contributed by atoms with van der Waals surface area (Å²) in [6.45, 7) is 5.10. The largest absolute Gasteiger partial charge is 0.496 e. The summed E-state index contributed by atoms with van der Waals surface area (Å²) in [5.41, 5.74) is 5.89. The van der Waals surface area contributed by atoms with Gasteiger partial charge in [0.15, 0.2) is 0 Å². The van der Waals surface area contributed by atoms with Gasteiger partial charge in [-0.05, 0) is 57.4 Å². The molecule has 0 atom stereocenters. The van der Waals surface area contributed by atoms with E-state index in [9.17, 15) is 9.59 Å². The lowest BCUT2D eigenvalue weighted by molar-refractivity contribution is -0.137. The van der Waals surface area contributed by atoms with E-state index in [0.717, 1.165) is 33.5 Å². The first kappa shape index (κ1) is 25.1. The summed E-state index contributed by atoms with van der Waals surface area (Å²) < 4.78 is 11.6. The van der Waals surface area contributed by atoms with Gasteiger partial charge in [-0.1, -0.05) is 25.0 Å². The Morgan fingerprint density at radius 2 is 1.65 bits per heavy atom. The number of carboxylic acid groups (broad SMARTS) is 1. The molecule has 3 rings (SSSR count). The van der Waals surface area contributed by atoms with E-state index in [4.69, 9.17) is 14.6 Å². The van der Waals surface area contributed by atoms with Gasteiger partial charge in [-0.25, -0.2) is 0 Å². The van der Waals surface area contributed by atoms with Gasteiger partial charge < -0.3 is 25.2 Å². The second-order valence-corrected chi connectivity index (χ2v) is 8.71. The highest BCUT2D eigenvalue weighted by Crippen LogP contribution is 2.45. The maximum Gasteiger partial charge on any atom is 0.322 e. The molecule has 1 fully saturated rings. The normalized spacial score (nSPS) is 14.1. The third kappa shape index (κ3) is 5.53. The van der Waals surface area contributed by atoms with Crippen molar-refractivity contribution in [1.29, 1.82) is 0 Å². The number of carbonyl (C=O) groups excluding carboxylic acids is 1. The maximum absolute atomic E-state index is 12.3. The van der Waals surface area contributed by atoms with Crippen LogP contribution in [0.1, 0.15) is 49.3 Å². The minimum absolute atomic E-state index is 0.374. The molecular formula is C27H34N2O5. The van der Waals surface area contributed by atoms with Crippen LogP contribution in [0.2, 0.25) is 0 Å². The van der Waals surface area contributed by atoms with Crippen LogP contribution in [0.3, 0.4) is 0 Å². The van der Waals surface area contributed by atoms with Crippen molar-refractivity contribution in [2.75, 3.05) is 26.1 Å². The number of amides is 1. The first-order valence-electron chi connectivity index (χ1n) is 11.6. The van der Waals surface area contributed by atoms with E-state index < -0.39 is 18.4 Å². The van der Waals surface area contributed by atoms with Gasteiger partial charge in [0.1, 0.15) is 18.0 Å². The molecule has 7 heteroatoms. The summed E-state index contributed by atoms with van der Waals surface area (Å²) >= 11 is 0. The van der Waals surface area contributed by atoms with Gasteiger partial charge in [0.25, 0.3) is 0 Å². The molecule has 0 aromatic heterocycles. The molecule has 0 saturated heterocycles. The predicted molar refractivity (Wildman–Crippen MR) is 135 cm³/mol. The van der Waals surface area contributed by atoms with Gasteiger partial charge in [0, 0.05) is 39.6 Å². The average molecular weight is 467 g/mol. The molecule has 0 radical (unpaired) electrons. The molecular weight excluding hydrogens is 432 g/mol. The molecule has 1 aliphatic rings. The number of methoxy groups -OCH3 is 2. The fourth-order valence-electron chi connectivity index (χ4n) is 4.62. The molecule has 0 aliphatic heterocycles. The highest BCUT2D eigenvalue weighted by molar-refractivity contribution is 5.99. The zero-order chi connectivity index (χ0) is 24.8. The van der Waals surface area contributed by atoms with Gasteiger partial charge >= 0.3 is 5.97 Å². The summed E-state index contributed by atoms with van der Waals surface area (Å²) in [4.78, 5) is 23.1. The fraction of sp³-hybridized carbons (Fsp3) is 0.407. The zero-order valence-electron chi connectivity index (χ0n) is 20.6. The number of aliphatic carboxylic acids is 1. The van der Waals surface area contributed by atoms with Crippen molar-refractivity contribution < 1.29 is 24.2 Å². The van der Waals surface area contributed by atoms with Crippen molar-refractivity contribution in [3.05, 3.63) is 46.5 Å². The van der Waals surface area contributed by atoms with Gasteiger partial charge in [-0.3, -0.25) is 9.59 Å². The van der Waals surface area contributed by atoms with Crippen LogP contribution in [0.5, 0.6) is 11.5 Å². The Bertz CT molecular complexity index is 1080. The quantitative estimate of drug-likeness (QED) is 0.453. The third-order valence-corrected chi connectivity index (χ3v) is 6.36. The highest BCUT2D eigenvalue weighted by atomic mass is 16.5. The topological polar surface area (TPSA) is 96.9 Å². The van der Waals surface area contributed by atoms with Crippen LogP contribution in [0.25, 0.3) is 17.2 Å². The second-order valence-electron chi connectivity index (χ2n) is 8.71. The smallest absolute Gasteiger partial charge is 0.322 e. The van der Waals surface area contributed by atoms with Crippen LogP contribution in [-0.4, -0.2) is 43.8 Å². The van der Waals surface area contributed by atoms with Crippen LogP contribution in [-0.2, 0) is 9.59 Å². The summed E-state index contributed by atoms with van der Waals surface area (Å²) in [6.07, 6.45) is 6.71. The van der Waals surface area contributed by atoms with Crippen molar-refractivity contribution in [2.24, 2.45) is 0 Å². The Morgan fingerprint density at radius 1 is 1.03 bits per heavy atom. The molecule has 3 N–H and O–H groups in total. The molecule has 0 bridgehead atoms. The number of hydrogen-bond donors (Lipinski definition) is 3.